The van der Waals surface area contributed by atoms with Crippen LogP contribution in [-0.2, 0) is 17.1 Å². The Labute approximate surface area is 111 Å². The van der Waals surface area contributed by atoms with Gasteiger partial charge in [-0.15, -0.1) is 0 Å². The smallest absolute Gasteiger partial charge is 0.264 e. The summed E-state index contributed by atoms with van der Waals surface area (Å²) in [6.45, 7) is 1.61. The summed E-state index contributed by atoms with van der Waals surface area (Å²) in [5, 5.41) is 13.2. The Bertz CT molecular complexity index is 662. The van der Waals surface area contributed by atoms with E-state index in [-0.39, 0.29) is 10.8 Å². The molecule has 0 aliphatic carbocycles. The zero-order valence-corrected chi connectivity index (χ0v) is 11.3. The molecular formula is C11H14N4O3S. The highest BCUT2D eigenvalue weighted by molar-refractivity contribution is 7.92. The van der Waals surface area contributed by atoms with Crippen molar-refractivity contribution in [1.82, 2.24) is 14.8 Å². The Morgan fingerprint density at radius 2 is 1.95 bits per heavy atom. The third-order valence-electron chi connectivity index (χ3n) is 2.61. The Kier molecular flexibility index (Phi) is 3.54. The molecule has 2 rings (SSSR count). The SMILES string of the molecule is CC(O)c1ccc(S(=O)(=O)Nc2ncnn2C)cc1. The fourth-order valence-corrected chi connectivity index (χ4v) is 2.53. The third kappa shape index (κ3) is 2.91. The minimum absolute atomic E-state index is 0.0971. The lowest BCUT2D eigenvalue weighted by molar-refractivity contribution is 0.199. The zero-order chi connectivity index (χ0) is 14.0. The minimum Gasteiger partial charge on any atom is -0.389 e. The highest BCUT2D eigenvalue weighted by Crippen LogP contribution is 2.17. The van der Waals surface area contributed by atoms with Gasteiger partial charge >= 0.3 is 0 Å². The van der Waals surface area contributed by atoms with E-state index >= 15 is 0 Å². The molecular weight excluding hydrogens is 268 g/mol. The van der Waals surface area contributed by atoms with Crippen molar-refractivity contribution < 1.29 is 13.5 Å². The molecule has 0 spiro atoms. The molecule has 7 nitrogen and oxygen atoms in total. The summed E-state index contributed by atoms with van der Waals surface area (Å²) in [6, 6.07) is 5.99. The second-order valence-corrected chi connectivity index (χ2v) is 5.74. The van der Waals surface area contributed by atoms with Crippen LogP contribution in [0.15, 0.2) is 35.5 Å². The van der Waals surface area contributed by atoms with Crippen LogP contribution in [-0.4, -0.2) is 28.3 Å². The molecule has 0 fully saturated rings. The van der Waals surface area contributed by atoms with E-state index in [2.05, 4.69) is 14.8 Å². The second-order valence-electron chi connectivity index (χ2n) is 4.06. The standard InChI is InChI=1S/C11H14N4O3S/c1-8(16)9-3-5-10(6-4-9)19(17,18)14-11-12-7-13-15(11)2/h3-8,16H,1-2H3,(H,12,13,14). The van der Waals surface area contributed by atoms with E-state index in [4.69, 9.17) is 0 Å². The number of aliphatic hydroxyl groups excluding tert-OH is 1. The molecule has 0 amide bonds. The molecule has 8 heteroatoms. The predicted molar refractivity (Wildman–Crippen MR) is 68.9 cm³/mol. The molecule has 0 aliphatic heterocycles. The number of nitrogens with one attached hydrogen (secondary N) is 1. The third-order valence-corrected chi connectivity index (χ3v) is 3.95. The Morgan fingerprint density at radius 3 is 2.42 bits per heavy atom. The lowest BCUT2D eigenvalue weighted by Crippen LogP contribution is -2.16. The van der Waals surface area contributed by atoms with Crippen LogP contribution in [0.3, 0.4) is 0 Å². The second kappa shape index (κ2) is 4.98. The summed E-state index contributed by atoms with van der Waals surface area (Å²) in [7, 11) is -2.12. The van der Waals surface area contributed by atoms with Gasteiger partial charge in [-0.05, 0) is 24.6 Å². The van der Waals surface area contributed by atoms with Crippen molar-refractivity contribution in [1.29, 1.82) is 0 Å². The van der Waals surface area contributed by atoms with E-state index in [1.165, 1.54) is 23.1 Å². The number of hydrogen-bond acceptors (Lipinski definition) is 5. The van der Waals surface area contributed by atoms with Gasteiger partial charge in [0.1, 0.15) is 6.33 Å². The molecule has 102 valence electrons. The van der Waals surface area contributed by atoms with Gasteiger partial charge in [0, 0.05) is 7.05 Å². The van der Waals surface area contributed by atoms with Crippen LogP contribution in [0.25, 0.3) is 0 Å². The quantitative estimate of drug-likeness (QED) is 0.859. The molecule has 0 saturated carbocycles. The first kappa shape index (κ1) is 13.5. The highest BCUT2D eigenvalue weighted by Gasteiger charge is 2.16. The fourth-order valence-electron chi connectivity index (χ4n) is 1.49. The first-order valence-corrected chi connectivity index (χ1v) is 7.03. The molecule has 0 bridgehead atoms. The Hall–Kier alpha value is -1.93. The van der Waals surface area contributed by atoms with E-state index in [1.807, 2.05) is 0 Å². The van der Waals surface area contributed by atoms with Gasteiger partial charge in [-0.25, -0.2) is 17.8 Å². The van der Waals surface area contributed by atoms with E-state index in [0.29, 0.717) is 5.56 Å². The number of nitrogens with zero attached hydrogens (tertiary/aromatic N) is 3. The summed E-state index contributed by atoms with van der Waals surface area (Å²) in [4.78, 5) is 3.89. The minimum atomic E-state index is -3.70. The van der Waals surface area contributed by atoms with E-state index in [0.717, 1.165) is 0 Å². The van der Waals surface area contributed by atoms with Gasteiger partial charge in [0.05, 0.1) is 11.0 Å². The molecule has 2 N–H and O–H groups in total. The van der Waals surface area contributed by atoms with E-state index < -0.39 is 16.1 Å². The van der Waals surface area contributed by atoms with Crippen molar-refractivity contribution in [3.8, 4) is 0 Å². The van der Waals surface area contributed by atoms with Gasteiger partial charge in [0.2, 0.25) is 5.95 Å². The Morgan fingerprint density at radius 1 is 1.32 bits per heavy atom. The van der Waals surface area contributed by atoms with Crippen molar-refractivity contribution in [2.24, 2.45) is 7.05 Å². The normalized spacial score (nSPS) is 13.2. The summed E-state index contributed by atoms with van der Waals surface area (Å²) < 4.78 is 27.8. The topological polar surface area (TPSA) is 97.1 Å². The molecule has 1 unspecified atom stereocenters. The number of hydrogen-bond donors (Lipinski definition) is 2. The number of sulfonamides is 1. The number of aliphatic hydroxyl groups is 1. The van der Waals surface area contributed by atoms with Crippen molar-refractivity contribution in [3.05, 3.63) is 36.2 Å². The number of rotatable bonds is 4. The van der Waals surface area contributed by atoms with Gasteiger partial charge in [0.25, 0.3) is 10.0 Å². The molecule has 19 heavy (non-hydrogen) atoms. The molecule has 1 atom stereocenters. The largest absolute Gasteiger partial charge is 0.389 e. The molecule has 0 saturated heterocycles. The van der Waals surface area contributed by atoms with Crippen molar-refractivity contribution >= 4 is 16.0 Å². The molecule has 0 aliphatic rings. The van der Waals surface area contributed by atoms with Crippen molar-refractivity contribution in [3.63, 3.8) is 0 Å². The van der Waals surface area contributed by atoms with Gasteiger partial charge in [-0.1, -0.05) is 12.1 Å². The van der Waals surface area contributed by atoms with Crippen LogP contribution in [0.2, 0.25) is 0 Å². The number of anilines is 1. The zero-order valence-electron chi connectivity index (χ0n) is 10.5. The molecule has 2 aromatic rings. The average molecular weight is 282 g/mol. The summed E-state index contributed by atoms with van der Waals surface area (Å²) >= 11 is 0. The maximum absolute atomic E-state index is 12.1. The van der Waals surface area contributed by atoms with Gasteiger partial charge in [0.15, 0.2) is 0 Å². The predicted octanol–water partition coefficient (Wildman–Crippen LogP) is 0.669. The lowest BCUT2D eigenvalue weighted by atomic mass is 10.1. The first-order chi connectivity index (χ1) is 8.90. The van der Waals surface area contributed by atoms with Crippen LogP contribution in [0, 0.1) is 0 Å². The Balaban J connectivity index is 2.27. The maximum atomic E-state index is 12.1. The molecule has 0 radical (unpaired) electrons. The van der Waals surface area contributed by atoms with Crippen LogP contribution >= 0.6 is 0 Å². The van der Waals surface area contributed by atoms with Gasteiger partial charge in [-0.3, -0.25) is 0 Å². The monoisotopic (exact) mass is 282 g/mol. The lowest BCUT2D eigenvalue weighted by Gasteiger charge is -2.08. The van der Waals surface area contributed by atoms with Crippen LogP contribution in [0.1, 0.15) is 18.6 Å². The van der Waals surface area contributed by atoms with Gasteiger partial charge in [-0.2, -0.15) is 10.1 Å². The fraction of sp³-hybridized carbons (Fsp3) is 0.273. The van der Waals surface area contributed by atoms with Crippen molar-refractivity contribution in [2.45, 2.75) is 17.9 Å². The first-order valence-electron chi connectivity index (χ1n) is 5.55. The van der Waals surface area contributed by atoms with Crippen LogP contribution < -0.4 is 4.72 Å². The highest BCUT2D eigenvalue weighted by atomic mass is 32.2. The van der Waals surface area contributed by atoms with Crippen LogP contribution in [0.4, 0.5) is 5.95 Å². The van der Waals surface area contributed by atoms with Gasteiger partial charge < -0.3 is 5.11 Å². The molecule has 1 aromatic heterocycles. The number of benzene rings is 1. The number of aryl methyl sites for hydroxylation is 1. The summed E-state index contributed by atoms with van der Waals surface area (Å²) in [5.41, 5.74) is 0.651. The van der Waals surface area contributed by atoms with E-state index in [9.17, 15) is 13.5 Å². The summed E-state index contributed by atoms with van der Waals surface area (Å²) in [5.74, 6) is 0.139. The number of aromatic nitrogens is 3. The van der Waals surface area contributed by atoms with Crippen molar-refractivity contribution in [2.75, 3.05) is 4.72 Å². The average Bonchev–Trinajstić information content (AvgIpc) is 2.74. The molecule has 1 heterocycles. The molecule has 1 aromatic carbocycles. The van der Waals surface area contributed by atoms with E-state index in [1.54, 1.807) is 26.1 Å². The maximum Gasteiger partial charge on any atom is 0.264 e. The summed E-state index contributed by atoms with van der Waals surface area (Å²) in [6.07, 6.45) is 0.623. The van der Waals surface area contributed by atoms with Crippen LogP contribution in [0.5, 0.6) is 0 Å².